The van der Waals surface area contributed by atoms with Crippen molar-refractivity contribution in [3.63, 3.8) is 0 Å². The van der Waals surface area contributed by atoms with Crippen LogP contribution in [0.25, 0.3) is 0 Å². The zero-order valence-electron chi connectivity index (χ0n) is 11.7. The minimum Gasteiger partial charge on any atom is -0.480 e. The minimum absolute atomic E-state index is 0.108. The minimum atomic E-state index is -1.17. The molecule has 0 aromatic carbocycles. The lowest BCUT2D eigenvalue weighted by molar-refractivity contribution is -0.144. The lowest BCUT2D eigenvalue weighted by atomic mass is 9.49. The molecule has 0 radical (unpaired) electrons. The van der Waals surface area contributed by atoms with Crippen molar-refractivity contribution in [1.29, 1.82) is 0 Å². The molecular weight excluding hydrogens is 258 g/mol. The zero-order valence-corrected chi connectivity index (χ0v) is 11.7. The van der Waals surface area contributed by atoms with Gasteiger partial charge < -0.3 is 15.5 Å². The molecule has 0 heterocycles. The third kappa shape index (κ3) is 2.55. The van der Waals surface area contributed by atoms with Crippen molar-refractivity contribution < 1.29 is 19.8 Å². The van der Waals surface area contributed by atoms with Gasteiger partial charge in [-0.15, -0.1) is 0 Å². The summed E-state index contributed by atoms with van der Waals surface area (Å²) < 4.78 is 0. The molecule has 0 unspecified atom stereocenters. The summed E-state index contributed by atoms with van der Waals surface area (Å²) in [7, 11) is 0. The Hall–Kier alpha value is -1.10. The Bertz CT molecular complexity index is 385. The molecule has 0 aromatic rings. The fourth-order valence-electron chi connectivity index (χ4n) is 5.28. The Morgan fingerprint density at radius 2 is 1.60 bits per heavy atom. The van der Waals surface area contributed by atoms with E-state index in [1.165, 1.54) is 19.3 Å². The van der Waals surface area contributed by atoms with Crippen LogP contribution in [0.1, 0.15) is 44.9 Å². The van der Waals surface area contributed by atoms with Crippen LogP contribution in [-0.2, 0) is 9.59 Å². The summed E-state index contributed by atoms with van der Waals surface area (Å²) in [5, 5.41) is 20.3. The maximum Gasteiger partial charge on any atom is 0.328 e. The van der Waals surface area contributed by atoms with Crippen LogP contribution in [0.15, 0.2) is 0 Å². The fraction of sp³-hybridized carbons (Fsp3) is 0.867. The Morgan fingerprint density at radius 3 is 2.00 bits per heavy atom. The van der Waals surface area contributed by atoms with E-state index in [-0.39, 0.29) is 11.3 Å². The predicted molar refractivity (Wildman–Crippen MR) is 71.9 cm³/mol. The summed E-state index contributed by atoms with van der Waals surface area (Å²) in [6, 6.07) is -1.17. The van der Waals surface area contributed by atoms with E-state index >= 15 is 0 Å². The summed E-state index contributed by atoms with van der Waals surface area (Å²) >= 11 is 0. The van der Waals surface area contributed by atoms with Crippen molar-refractivity contribution in [2.45, 2.75) is 51.0 Å². The highest BCUT2D eigenvalue weighted by atomic mass is 16.4. The van der Waals surface area contributed by atoms with E-state index in [2.05, 4.69) is 5.32 Å². The molecule has 4 bridgehead atoms. The molecule has 5 nitrogen and oxygen atoms in total. The predicted octanol–water partition coefficient (Wildman–Crippen LogP) is 1.15. The highest BCUT2D eigenvalue weighted by Crippen LogP contribution is 2.61. The molecule has 112 valence electrons. The molecule has 4 rings (SSSR count). The first kappa shape index (κ1) is 13.9. The van der Waals surface area contributed by atoms with Gasteiger partial charge in [-0.25, -0.2) is 4.79 Å². The number of hydrogen-bond donors (Lipinski definition) is 3. The number of aliphatic carboxylic acids is 1. The van der Waals surface area contributed by atoms with Crippen molar-refractivity contribution in [1.82, 2.24) is 5.32 Å². The molecule has 1 atom stereocenters. The van der Waals surface area contributed by atoms with E-state index < -0.39 is 18.6 Å². The fourth-order valence-corrected chi connectivity index (χ4v) is 5.28. The van der Waals surface area contributed by atoms with Crippen LogP contribution in [0.2, 0.25) is 0 Å². The number of aliphatic hydroxyl groups excluding tert-OH is 1. The highest BCUT2D eigenvalue weighted by molar-refractivity contribution is 5.84. The molecule has 4 aliphatic rings. The van der Waals surface area contributed by atoms with Gasteiger partial charge in [0.2, 0.25) is 5.91 Å². The van der Waals surface area contributed by atoms with Gasteiger partial charge in [-0.3, -0.25) is 4.79 Å². The maximum absolute atomic E-state index is 12.1. The van der Waals surface area contributed by atoms with Crippen molar-refractivity contribution >= 4 is 11.9 Å². The van der Waals surface area contributed by atoms with Gasteiger partial charge in [0, 0.05) is 6.42 Å². The number of rotatable bonds is 5. The number of carbonyl (C=O) groups is 2. The molecule has 0 saturated heterocycles. The van der Waals surface area contributed by atoms with Crippen LogP contribution in [0.4, 0.5) is 0 Å². The van der Waals surface area contributed by atoms with E-state index in [4.69, 9.17) is 10.2 Å². The Labute approximate surface area is 118 Å². The molecular formula is C15H23NO4. The molecule has 5 heteroatoms. The van der Waals surface area contributed by atoms with Crippen LogP contribution in [0, 0.1) is 23.2 Å². The molecule has 4 saturated carbocycles. The van der Waals surface area contributed by atoms with Gasteiger partial charge >= 0.3 is 5.97 Å². The summed E-state index contributed by atoms with van der Waals surface area (Å²) in [6.45, 7) is -0.554. The standard InChI is InChI=1S/C15H23NO4/c17-8-12(14(19)20)16-13(18)7-15-4-9-1-10(5-15)3-11(2-9)6-15/h9-12,17H,1-8H2,(H,16,18)(H,19,20)/t9?,10?,11?,12-,15?/m0/s1. The molecule has 0 spiro atoms. The summed E-state index contributed by atoms with van der Waals surface area (Å²) in [4.78, 5) is 23.0. The Morgan fingerprint density at radius 1 is 1.10 bits per heavy atom. The molecule has 0 aromatic heterocycles. The summed E-state index contributed by atoms with van der Waals surface area (Å²) in [5.41, 5.74) is 0.108. The molecule has 20 heavy (non-hydrogen) atoms. The number of carbonyl (C=O) groups excluding carboxylic acids is 1. The zero-order chi connectivity index (χ0) is 14.3. The van der Waals surface area contributed by atoms with Gasteiger partial charge in [0.15, 0.2) is 0 Å². The van der Waals surface area contributed by atoms with Gasteiger partial charge in [-0.2, -0.15) is 0 Å². The quantitative estimate of drug-likeness (QED) is 0.705. The van der Waals surface area contributed by atoms with Gasteiger partial charge in [-0.05, 0) is 61.7 Å². The number of hydrogen-bond acceptors (Lipinski definition) is 3. The Balaban J connectivity index is 1.62. The second-order valence-corrected chi connectivity index (χ2v) is 7.24. The van der Waals surface area contributed by atoms with Crippen molar-refractivity contribution in [2.75, 3.05) is 6.61 Å². The van der Waals surface area contributed by atoms with E-state index in [0.29, 0.717) is 6.42 Å². The van der Waals surface area contributed by atoms with Crippen molar-refractivity contribution in [3.8, 4) is 0 Å². The SMILES string of the molecule is O=C(CC12CC3CC(CC(C3)C1)C2)N[C@@H](CO)C(=O)O. The topological polar surface area (TPSA) is 86.6 Å². The van der Waals surface area contributed by atoms with E-state index in [1.807, 2.05) is 0 Å². The molecule has 3 N–H and O–H groups in total. The van der Waals surface area contributed by atoms with Crippen molar-refractivity contribution in [2.24, 2.45) is 23.2 Å². The lowest BCUT2D eigenvalue weighted by Gasteiger charge is -2.56. The molecule has 0 aliphatic heterocycles. The summed E-state index contributed by atoms with van der Waals surface area (Å²) in [5.74, 6) is 0.950. The average Bonchev–Trinajstić information content (AvgIpc) is 2.33. The monoisotopic (exact) mass is 281 g/mol. The first-order valence-electron chi connectivity index (χ1n) is 7.63. The van der Waals surface area contributed by atoms with Crippen LogP contribution < -0.4 is 5.32 Å². The largest absolute Gasteiger partial charge is 0.480 e. The van der Waals surface area contributed by atoms with Crippen molar-refractivity contribution in [3.05, 3.63) is 0 Å². The number of nitrogens with one attached hydrogen (secondary N) is 1. The normalized spacial score (nSPS) is 39.5. The second kappa shape index (κ2) is 5.02. The second-order valence-electron chi connectivity index (χ2n) is 7.24. The summed E-state index contributed by atoms with van der Waals surface area (Å²) in [6.07, 6.45) is 7.80. The van der Waals surface area contributed by atoms with Gasteiger partial charge in [0.1, 0.15) is 6.04 Å². The smallest absolute Gasteiger partial charge is 0.328 e. The van der Waals surface area contributed by atoms with Crippen LogP contribution in [0.5, 0.6) is 0 Å². The number of carboxylic acid groups (broad SMARTS) is 1. The van der Waals surface area contributed by atoms with Gasteiger partial charge in [0.25, 0.3) is 0 Å². The number of aliphatic hydroxyl groups is 1. The van der Waals surface area contributed by atoms with Gasteiger partial charge in [0.05, 0.1) is 6.61 Å². The first-order chi connectivity index (χ1) is 9.49. The number of carboxylic acids is 1. The molecule has 1 amide bonds. The number of amides is 1. The van der Waals surface area contributed by atoms with Crippen LogP contribution in [0.3, 0.4) is 0 Å². The third-order valence-corrected chi connectivity index (χ3v) is 5.52. The van der Waals surface area contributed by atoms with E-state index in [1.54, 1.807) is 0 Å². The van der Waals surface area contributed by atoms with E-state index in [9.17, 15) is 9.59 Å². The highest BCUT2D eigenvalue weighted by Gasteiger charge is 2.51. The van der Waals surface area contributed by atoms with Gasteiger partial charge in [-0.1, -0.05) is 0 Å². The van der Waals surface area contributed by atoms with Crippen LogP contribution in [-0.4, -0.2) is 34.7 Å². The molecule has 4 aliphatic carbocycles. The average molecular weight is 281 g/mol. The third-order valence-electron chi connectivity index (χ3n) is 5.52. The van der Waals surface area contributed by atoms with Crippen LogP contribution >= 0.6 is 0 Å². The maximum atomic E-state index is 12.1. The lowest BCUT2D eigenvalue weighted by Crippen LogP contribution is -2.50. The molecule has 4 fully saturated rings. The first-order valence-corrected chi connectivity index (χ1v) is 7.63. The van der Waals surface area contributed by atoms with E-state index in [0.717, 1.165) is 37.0 Å². The Kier molecular flexibility index (Phi) is 3.48.